The molecule has 2 aromatic rings. The third kappa shape index (κ3) is 5.77. The number of hydrogen-bond acceptors (Lipinski definition) is 3. The van der Waals surface area contributed by atoms with Gasteiger partial charge in [-0.3, -0.25) is 4.79 Å². The Morgan fingerprint density at radius 2 is 2.09 bits per heavy atom. The second-order valence-corrected chi connectivity index (χ2v) is 6.67. The Kier molecular flexibility index (Phi) is 6.74. The summed E-state index contributed by atoms with van der Waals surface area (Å²) in [7, 11) is 0. The van der Waals surface area contributed by atoms with Crippen molar-refractivity contribution in [1.82, 2.24) is 0 Å². The number of rotatable bonds is 7. The van der Waals surface area contributed by atoms with E-state index in [9.17, 15) is 9.18 Å². The average Bonchev–Trinajstić information content (AvgIpc) is 2.53. The predicted octanol–water partition coefficient (Wildman–Crippen LogP) is 4.62. The van der Waals surface area contributed by atoms with Crippen LogP contribution in [0.1, 0.15) is 6.92 Å². The van der Waals surface area contributed by atoms with Gasteiger partial charge in [-0.05, 0) is 37.3 Å². The number of ether oxygens (including phenoxy) is 1. The number of halogens is 2. The molecular formula is C17H17ClFNO2S. The van der Waals surface area contributed by atoms with E-state index in [-0.39, 0.29) is 16.8 Å². The van der Waals surface area contributed by atoms with Gasteiger partial charge in [0.25, 0.3) is 0 Å². The SMILES string of the molecule is CC(SCCOc1cccc(Cl)c1)C(=O)Nc1ccccc1F. The fourth-order valence-electron chi connectivity index (χ4n) is 1.81. The monoisotopic (exact) mass is 353 g/mol. The first-order valence-corrected chi connectivity index (χ1v) is 8.54. The van der Waals surface area contributed by atoms with Crippen molar-refractivity contribution in [2.24, 2.45) is 0 Å². The summed E-state index contributed by atoms with van der Waals surface area (Å²) >= 11 is 7.31. The van der Waals surface area contributed by atoms with Crippen LogP contribution >= 0.6 is 23.4 Å². The van der Waals surface area contributed by atoms with E-state index in [1.165, 1.54) is 23.9 Å². The fourth-order valence-corrected chi connectivity index (χ4v) is 2.74. The second-order valence-electron chi connectivity index (χ2n) is 4.79. The summed E-state index contributed by atoms with van der Waals surface area (Å²) in [4.78, 5) is 12.0. The van der Waals surface area contributed by atoms with Crippen LogP contribution in [0.3, 0.4) is 0 Å². The lowest BCUT2D eigenvalue weighted by atomic mass is 10.3. The van der Waals surface area contributed by atoms with E-state index in [1.54, 1.807) is 31.2 Å². The largest absolute Gasteiger partial charge is 0.493 e. The van der Waals surface area contributed by atoms with Gasteiger partial charge < -0.3 is 10.1 Å². The maximum Gasteiger partial charge on any atom is 0.237 e. The number of anilines is 1. The number of carbonyl (C=O) groups is 1. The zero-order valence-corrected chi connectivity index (χ0v) is 14.2. The van der Waals surface area contributed by atoms with Gasteiger partial charge in [0.05, 0.1) is 17.5 Å². The van der Waals surface area contributed by atoms with E-state index in [0.717, 1.165) is 0 Å². The van der Waals surface area contributed by atoms with E-state index in [2.05, 4.69) is 5.32 Å². The van der Waals surface area contributed by atoms with Crippen LogP contribution in [0.25, 0.3) is 0 Å². The van der Waals surface area contributed by atoms with E-state index >= 15 is 0 Å². The molecule has 1 amide bonds. The Morgan fingerprint density at radius 1 is 1.30 bits per heavy atom. The predicted molar refractivity (Wildman–Crippen MR) is 93.9 cm³/mol. The molecule has 0 aliphatic rings. The number of hydrogen-bond donors (Lipinski definition) is 1. The minimum atomic E-state index is -0.442. The quantitative estimate of drug-likeness (QED) is 0.738. The molecule has 0 aliphatic heterocycles. The van der Waals surface area contributed by atoms with Crippen LogP contribution in [-0.4, -0.2) is 23.5 Å². The van der Waals surface area contributed by atoms with Gasteiger partial charge in [-0.1, -0.05) is 29.8 Å². The lowest BCUT2D eigenvalue weighted by Crippen LogP contribution is -2.24. The summed E-state index contributed by atoms with van der Waals surface area (Å²) in [6, 6.07) is 13.3. The van der Waals surface area contributed by atoms with E-state index in [0.29, 0.717) is 23.1 Å². The molecular weight excluding hydrogens is 337 g/mol. The number of nitrogens with one attached hydrogen (secondary N) is 1. The lowest BCUT2D eigenvalue weighted by Gasteiger charge is -2.13. The van der Waals surface area contributed by atoms with Crippen LogP contribution < -0.4 is 10.1 Å². The van der Waals surface area contributed by atoms with Crippen LogP contribution in [0.2, 0.25) is 5.02 Å². The molecule has 0 saturated heterocycles. The molecule has 0 fully saturated rings. The van der Waals surface area contributed by atoms with E-state index in [4.69, 9.17) is 16.3 Å². The molecule has 1 atom stereocenters. The third-order valence-electron chi connectivity index (χ3n) is 3.02. The molecule has 1 unspecified atom stereocenters. The Balaban J connectivity index is 1.73. The van der Waals surface area contributed by atoms with Crippen molar-refractivity contribution in [3.05, 3.63) is 59.4 Å². The van der Waals surface area contributed by atoms with Crippen molar-refractivity contribution in [3.63, 3.8) is 0 Å². The molecule has 0 saturated carbocycles. The molecule has 6 heteroatoms. The molecule has 3 nitrogen and oxygen atoms in total. The summed E-state index contributed by atoms with van der Waals surface area (Å²) in [5, 5.41) is 2.89. The van der Waals surface area contributed by atoms with Gasteiger partial charge in [0.2, 0.25) is 5.91 Å². The molecule has 0 aliphatic carbocycles. The normalized spacial score (nSPS) is 11.8. The summed E-state index contributed by atoms with van der Waals surface area (Å²) < 4.78 is 19.0. The van der Waals surface area contributed by atoms with Crippen LogP contribution in [0.15, 0.2) is 48.5 Å². The minimum Gasteiger partial charge on any atom is -0.493 e. The first-order chi connectivity index (χ1) is 11.1. The summed E-state index contributed by atoms with van der Waals surface area (Å²) in [5.41, 5.74) is 0.195. The lowest BCUT2D eigenvalue weighted by molar-refractivity contribution is -0.115. The van der Waals surface area contributed by atoms with Crippen LogP contribution in [0.5, 0.6) is 5.75 Å². The van der Waals surface area contributed by atoms with Crippen molar-refractivity contribution >= 4 is 35.0 Å². The zero-order chi connectivity index (χ0) is 16.7. The maximum absolute atomic E-state index is 13.5. The molecule has 0 radical (unpaired) electrons. The molecule has 1 N–H and O–H groups in total. The van der Waals surface area contributed by atoms with Gasteiger partial charge >= 0.3 is 0 Å². The molecule has 0 bridgehead atoms. The molecule has 0 aromatic heterocycles. The number of benzene rings is 2. The topological polar surface area (TPSA) is 38.3 Å². The highest BCUT2D eigenvalue weighted by Crippen LogP contribution is 2.19. The van der Waals surface area contributed by atoms with Crippen molar-refractivity contribution < 1.29 is 13.9 Å². The maximum atomic E-state index is 13.5. The Hall–Kier alpha value is -1.72. The van der Waals surface area contributed by atoms with Gasteiger partial charge in [0.1, 0.15) is 11.6 Å². The molecule has 2 rings (SSSR count). The van der Waals surface area contributed by atoms with Crippen molar-refractivity contribution in [1.29, 1.82) is 0 Å². The molecule has 0 spiro atoms. The van der Waals surface area contributed by atoms with Crippen molar-refractivity contribution in [2.45, 2.75) is 12.2 Å². The smallest absolute Gasteiger partial charge is 0.237 e. The Bertz CT molecular complexity index is 669. The number of carbonyl (C=O) groups excluding carboxylic acids is 1. The van der Waals surface area contributed by atoms with E-state index in [1.807, 2.05) is 12.1 Å². The Labute approximate surface area is 144 Å². The van der Waals surface area contributed by atoms with Crippen LogP contribution in [0.4, 0.5) is 10.1 Å². The minimum absolute atomic E-state index is 0.195. The number of thioether (sulfide) groups is 1. The number of amides is 1. The molecule has 2 aromatic carbocycles. The number of para-hydroxylation sites is 1. The van der Waals surface area contributed by atoms with E-state index < -0.39 is 5.82 Å². The van der Waals surface area contributed by atoms with Crippen molar-refractivity contribution in [2.75, 3.05) is 17.7 Å². The summed E-state index contributed by atoms with van der Waals surface area (Å²) in [6.45, 7) is 2.24. The first-order valence-electron chi connectivity index (χ1n) is 7.11. The first kappa shape index (κ1) is 17.6. The molecule has 23 heavy (non-hydrogen) atoms. The van der Waals surface area contributed by atoms with Crippen LogP contribution in [-0.2, 0) is 4.79 Å². The third-order valence-corrected chi connectivity index (χ3v) is 4.37. The standard InChI is InChI=1S/C17H17ClFNO2S/c1-12(17(21)20-16-8-3-2-7-15(16)19)23-10-9-22-14-6-4-5-13(18)11-14/h2-8,11-12H,9-10H2,1H3,(H,20,21). The second kappa shape index (κ2) is 8.79. The van der Waals surface area contributed by atoms with Crippen molar-refractivity contribution in [3.8, 4) is 5.75 Å². The fraction of sp³-hybridized carbons (Fsp3) is 0.235. The highest BCUT2D eigenvalue weighted by atomic mass is 35.5. The highest BCUT2D eigenvalue weighted by molar-refractivity contribution is 8.00. The highest BCUT2D eigenvalue weighted by Gasteiger charge is 2.14. The summed E-state index contributed by atoms with van der Waals surface area (Å²) in [5.74, 6) is 0.657. The average molecular weight is 354 g/mol. The molecule has 0 heterocycles. The Morgan fingerprint density at radius 3 is 2.83 bits per heavy atom. The van der Waals surface area contributed by atoms with Gasteiger partial charge in [-0.15, -0.1) is 11.8 Å². The summed E-state index contributed by atoms with van der Waals surface area (Å²) in [6.07, 6.45) is 0. The van der Waals surface area contributed by atoms with Crippen LogP contribution in [0, 0.1) is 5.82 Å². The van der Waals surface area contributed by atoms with Gasteiger partial charge in [0, 0.05) is 10.8 Å². The zero-order valence-electron chi connectivity index (χ0n) is 12.6. The molecule has 122 valence electrons. The van der Waals surface area contributed by atoms with Gasteiger partial charge in [0.15, 0.2) is 0 Å². The van der Waals surface area contributed by atoms with Gasteiger partial charge in [-0.2, -0.15) is 0 Å². The van der Waals surface area contributed by atoms with Gasteiger partial charge in [-0.25, -0.2) is 4.39 Å².